The van der Waals surface area contributed by atoms with Crippen molar-refractivity contribution < 1.29 is 11.0 Å². The van der Waals surface area contributed by atoms with Gasteiger partial charge < -0.3 is 5.32 Å². The fourth-order valence-corrected chi connectivity index (χ4v) is 0.156. The van der Waals surface area contributed by atoms with Crippen LogP contribution in [-0.2, 0) is 0 Å². The van der Waals surface area contributed by atoms with E-state index in [1.54, 1.807) is 5.32 Å². The highest BCUT2D eigenvalue weighted by Gasteiger charge is 1.93. The Labute approximate surface area is 55.8 Å². The fourth-order valence-electron chi connectivity index (χ4n) is 0.156. The highest BCUT2D eigenvalue weighted by atomic mass is 35.5. The molecule has 1 nitrogen and oxygen atoms in total. The smallest absolute Gasteiger partial charge is 0.0428 e. The van der Waals surface area contributed by atoms with Crippen LogP contribution >= 0.6 is 12.4 Å². The summed E-state index contributed by atoms with van der Waals surface area (Å²) in [6.45, 7) is -5.42. The molecule has 0 radical (unpaired) electrons. The lowest BCUT2D eigenvalue weighted by atomic mass is 10.4. The summed E-state index contributed by atoms with van der Waals surface area (Å²) in [5, 5.41) is 1.67. The second kappa shape index (κ2) is 3.44. The molecule has 1 aliphatic rings. The minimum atomic E-state index is -2.90. The van der Waals surface area contributed by atoms with E-state index in [-0.39, 0.29) is 12.4 Å². The molecule has 1 saturated heterocycles. The predicted octanol–water partition coefficient (Wildman–Crippen LogP) is 0.792. The third-order valence-electron chi connectivity index (χ3n) is 0.312. The third kappa shape index (κ3) is 1.63. The molecule has 0 bridgehead atoms. The molecule has 0 unspecified atom stereocenters. The van der Waals surface area contributed by atoms with Gasteiger partial charge in [-0.2, -0.15) is 0 Å². The number of rotatable bonds is 0. The van der Waals surface area contributed by atoms with Crippen molar-refractivity contribution in [1.29, 1.82) is 0 Å². The number of hydrogen-bond donors (Lipinski definition) is 1. The minimum absolute atomic E-state index is 0. The topological polar surface area (TPSA) is 12.0 Å². The second-order valence-electron chi connectivity index (χ2n) is 0.625. The van der Waals surface area contributed by atoms with Gasteiger partial charge in [-0.3, -0.25) is 0 Å². The van der Waals surface area contributed by atoms with Crippen LogP contribution in [0.3, 0.4) is 0 Å². The van der Waals surface area contributed by atoms with Gasteiger partial charge in [-0.1, -0.05) is 0 Å². The van der Waals surface area contributed by atoms with Crippen molar-refractivity contribution in [3.05, 3.63) is 0 Å². The quantitative estimate of drug-likeness (QED) is 0.492. The highest BCUT2D eigenvalue weighted by molar-refractivity contribution is 5.85. The molecule has 1 aliphatic heterocycles. The van der Waals surface area contributed by atoms with Gasteiger partial charge in [-0.05, 0) is 25.7 Å². The maximum Gasteiger partial charge on any atom is 0.0428 e. The fraction of sp³-hybridized carbons (Fsp3) is 1.00. The van der Waals surface area contributed by atoms with Crippen molar-refractivity contribution in [3.63, 3.8) is 0 Å². The molecule has 0 aromatic heterocycles. The summed E-state index contributed by atoms with van der Waals surface area (Å²) >= 11 is 0. The van der Waals surface area contributed by atoms with Gasteiger partial charge in [0.05, 0.1) is 0 Å². The summed E-state index contributed by atoms with van der Waals surface area (Å²) in [4.78, 5) is 0. The van der Waals surface area contributed by atoms with E-state index in [2.05, 4.69) is 0 Å². The Hall–Kier alpha value is 0.250. The molecule has 0 aromatic carbocycles. The van der Waals surface area contributed by atoms with Gasteiger partial charge in [0, 0.05) is 11.0 Å². The van der Waals surface area contributed by atoms with Crippen molar-refractivity contribution >= 4 is 12.4 Å². The van der Waals surface area contributed by atoms with Gasteiger partial charge in [-0.15, -0.1) is 12.4 Å². The summed E-state index contributed by atoms with van der Waals surface area (Å²) in [5.74, 6) is 0. The molecular formula is C4H10ClN. The van der Waals surface area contributed by atoms with Crippen LogP contribution in [-0.4, -0.2) is 13.0 Å². The van der Waals surface area contributed by atoms with Crippen molar-refractivity contribution in [3.8, 4) is 0 Å². The Morgan fingerprint density at radius 2 is 1.83 bits per heavy atom. The Balaban J connectivity index is 0.00000169. The zero-order chi connectivity index (χ0) is 10.7. The maximum atomic E-state index is 7.16. The van der Waals surface area contributed by atoms with Gasteiger partial charge in [0.25, 0.3) is 0 Å². The molecule has 38 valence electrons. The van der Waals surface area contributed by atoms with Crippen molar-refractivity contribution in [2.75, 3.05) is 13.0 Å². The molecule has 0 atom stereocenters. The average Bonchev–Trinajstić information content (AvgIpc) is 1.88. The first-order chi connectivity index (χ1) is 5.46. The molecule has 1 rings (SSSR count). The first-order valence-corrected chi connectivity index (χ1v) is 1.25. The molecule has 1 fully saturated rings. The molecule has 6 heavy (non-hydrogen) atoms. The highest BCUT2D eigenvalue weighted by Crippen LogP contribution is 1.90. The van der Waals surface area contributed by atoms with E-state index in [4.69, 9.17) is 11.0 Å². The average molecular weight is 116 g/mol. The van der Waals surface area contributed by atoms with Gasteiger partial charge >= 0.3 is 0 Å². The summed E-state index contributed by atoms with van der Waals surface area (Å²) < 4.78 is 57.0. The van der Waals surface area contributed by atoms with E-state index < -0.39 is 25.7 Å². The van der Waals surface area contributed by atoms with Crippen LogP contribution in [0.15, 0.2) is 0 Å². The van der Waals surface area contributed by atoms with Crippen LogP contribution in [0.2, 0.25) is 0 Å². The largest absolute Gasteiger partial charge is 0.317 e. The van der Waals surface area contributed by atoms with E-state index in [1.165, 1.54) is 0 Å². The zero-order valence-corrected chi connectivity index (χ0v) is 3.72. The van der Waals surface area contributed by atoms with Crippen LogP contribution in [0.4, 0.5) is 0 Å². The lowest BCUT2D eigenvalue weighted by Gasteiger charge is -1.76. The van der Waals surface area contributed by atoms with E-state index in [1.807, 2.05) is 0 Å². The third-order valence-corrected chi connectivity index (χ3v) is 0.312. The van der Waals surface area contributed by atoms with Crippen LogP contribution < -0.4 is 5.32 Å². The van der Waals surface area contributed by atoms with Crippen LogP contribution in [0, 0.1) is 0 Å². The normalized spacial score (nSPS) is 73.3. The Bertz CT molecular complexity index is 213. The molecule has 0 amide bonds. The van der Waals surface area contributed by atoms with Gasteiger partial charge in [0.15, 0.2) is 0 Å². The monoisotopic (exact) mass is 115 g/mol. The molecule has 2 heteroatoms. The SMILES string of the molecule is Cl.[2H]C1([2H])NC([2H])([2H])C([2H])([2H])C1([2H])[2H]. The van der Waals surface area contributed by atoms with Crippen LogP contribution in [0.1, 0.15) is 23.7 Å². The molecule has 1 heterocycles. The van der Waals surface area contributed by atoms with E-state index in [0.717, 1.165) is 0 Å². The minimum Gasteiger partial charge on any atom is -0.317 e. The maximum absolute atomic E-state index is 7.16. The summed E-state index contributed by atoms with van der Waals surface area (Å²) in [6, 6.07) is 0. The van der Waals surface area contributed by atoms with Gasteiger partial charge in [-0.25, -0.2) is 0 Å². The van der Waals surface area contributed by atoms with E-state index in [9.17, 15) is 0 Å². The molecule has 0 saturated carbocycles. The molecule has 1 N–H and O–H groups in total. The predicted molar refractivity (Wildman–Crippen MR) is 29.4 cm³/mol. The lowest BCUT2D eigenvalue weighted by Crippen LogP contribution is -2.03. The molecule has 0 aromatic rings. The first kappa shape index (κ1) is 0.981. The zero-order valence-electron chi connectivity index (χ0n) is 10.9. The summed E-state index contributed by atoms with van der Waals surface area (Å²) in [7, 11) is 0. The lowest BCUT2D eigenvalue weighted by molar-refractivity contribution is 0.857. The Morgan fingerprint density at radius 1 is 1.33 bits per heavy atom. The van der Waals surface area contributed by atoms with Crippen LogP contribution in [0.25, 0.3) is 0 Å². The number of nitrogens with one attached hydrogen (secondary N) is 1. The van der Waals surface area contributed by atoms with E-state index in [0.29, 0.717) is 0 Å². The Morgan fingerprint density at radius 3 is 2.00 bits per heavy atom. The molecular weight excluding hydrogens is 97.5 g/mol. The standard InChI is InChI=1S/C4H9N.ClH/c1-2-4-5-3-1;/h5H,1-4H2;1H/i1D2,2D2,3D2,4D2;. The summed E-state index contributed by atoms with van der Waals surface area (Å²) in [6.07, 6.45) is -5.80. The first-order valence-electron chi connectivity index (χ1n) is 5.25. The van der Waals surface area contributed by atoms with Gasteiger partial charge in [0.2, 0.25) is 0 Å². The number of halogens is 1. The molecule has 0 aliphatic carbocycles. The van der Waals surface area contributed by atoms with Crippen molar-refractivity contribution in [2.24, 2.45) is 0 Å². The van der Waals surface area contributed by atoms with Crippen LogP contribution in [0.5, 0.6) is 0 Å². The Kier molecular flexibility index (Phi) is 0.563. The number of hydrogen-bond acceptors (Lipinski definition) is 1. The van der Waals surface area contributed by atoms with Crippen molar-refractivity contribution in [1.82, 2.24) is 5.32 Å². The van der Waals surface area contributed by atoms with Crippen molar-refractivity contribution in [2.45, 2.75) is 12.7 Å². The van der Waals surface area contributed by atoms with E-state index >= 15 is 0 Å². The van der Waals surface area contributed by atoms with Gasteiger partial charge in [0.1, 0.15) is 0 Å². The molecule has 0 spiro atoms. The second-order valence-corrected chi connectivity index (χ2v) is 0.625. The summed E-state index contributed by atoms with van der Waals surface area (Å²) in [5.41, 5.74) is 0.